The van der Waals surface area contributed by atoms with E-state index < -0.39 is 0 Å². The van der Waals surface area contributed by atoms with Gasteiger partial charge in [-0.25, -0.2) is 0 Å². The van der Waals surface area contributed by atoms with Gasteiger partial charge in [-0.1, -0.05) is 12.1 Å². The molecule has 1 unspecified atom stereocenters. The summed E-state index contributed by atoms with van der Waals surface area (Å²) in [7, 11) is 1.88. The number of carbonyl (C=O) groups excluding carboxylic acids is 1. The molecule has 0 spiro atoms. The summed E-state index contributed by atoms with van der Waals surface area (Å²) in [6.07, 6.45) is 0.153. The fourth-order valence-electron chi connectivity index (χ4n) is 2.69. The number of hydrogen-bond donors (Lipinski definition) is 1. The Balaban J connectivity index is 1.54. The number of carbonyl (C=O) groups is 1. The Morgan fingerprint density at radius 1 is 1.35 bits per heavy atom. The van der Waals surface area contributed by atoms with Crippen LogP contribution in [0.15, 0.2) is 24.3 Å². The van der Waals surface area contributed by atoms with E-state index in [0.717, 1.165) is 28.5 Å². The molecule has 3 rings (SSSR count). The SMILES string of the molecule is Cc1nn(C)c(C)c1CC(=O)NCC1COc2ccccc2O1. The van der Waals surface area contributed by atoms with Crippen LogP contribution in [0.25, 0.3) is 0 Å². The molecular weight excluding hydrogens is 294 g/mol. The Morgan fingerprint density at radius 3 is 2.78 bits per heavy atom. The molecule has 2 aromatic rings. The first-order valence-corrected chi connectivity index (χ1v) is 7.69. The van der Waals surface area contributed by atoms with Crippen molar-refractivity contribution in [3.8, 4) is 11.5 Å². The van der Waals surface area contributed by atoms with Crippen LogP contribution in [-0.2, 0) is 18.3 Å². The largest absolute Gasteiger partial charge is 0.486 e. The van der Waals surface area contributed by atoms with Gasteiger partial charge in [0.25, 0.3) is 0 Å². The standard InChI is InChI=1S/C17H21N3O3/c1-11-14(12(2)20(3)19-11)8-17(21)18-9-13-10-22-15-6-4-5-7-16(15)23-13/h4-7,13H,8-10H2,1-3H3,(H,18,21). The number of amides is 1. The molecule has 1 aromatic heterocycles. The van der Waals surface area contributed by atoms with Gasteiger partial charge < -0.3 is 14.8 Å². The highest BCUT2D eigenvalue weighted by atomic mass is 16.6. The Hall–Kier alpha value is -2.50. The Bertz CT molecular complexity index is 724. The van der Waals surface area contributed by atoms with Crippen LogP contribution in [0.3, 0.4) is 0 Å². The van der Waals surface area contributed by atoms with Crippen LogP contribution in [0.4, 0.5) is 0 Å². The average Bonchev–Trinajstić information content (AvgIpc) is 2.79. The molecule has 1 atom stereocenters. The monoisotopic (exact) mass is 315 g/mol. The van der Waals surface area contributed by atoms with Crippen LogP contribution in [0.5, 0.6) is 11.5 Å². The lowest BCUT2D eigenvalue weighted by molar-refractivity contribution is -0.120. The zero-order valence-electron chi connectivity index (χ0n) is 13.6. The summed E-state index contributed by atoms with van der Waals surface area (Å²) in [6, 6.07) is 7.55. The third-order valence-corrected chi connectivity index (χ3v) is 4.09. The zero-order chi connectivity index (χ0) is 16.4. The molecule has 6 nitrogen and oxygen atoms in total. The molecule has 1 aromatic carbocycles. The third-order valence-electron chi connectivity index (χ3n) is 4.09. The lowest BCUT2D eigenvalue weighted by Crippen LogP contribution is -2.41. The van der Waals surface area contributed by atoms with Gasteiger partial charge in [-0.2, -0.15) is 5.10 Å². The number of ether oxygens (including phenoxy) is 2. The van der Waals surface area contributed by atoms with Crippen molar-refractivity contribution in [2.24, 2.45) is 7.05 Å². The minimum atomic E-state index is -0.176. The zero-order valence-corrected chi connectivity index (χ0v) is 13.6. The first-order chi connectivity index (χ1) is 11.0. The lowest BCUT2D eigenvalue weighted by atomic mass is 10.1. The van der Waals surface area contributed by atoms with Gasteiger partial charge in [0.15, 0.2) is 11.5 Å². The van der Waals surface area contributed by atoms with E-state index in [-0.39, 0.29) is 12.0 Å². The number of para-hydroxylation sites is 2. The second-order valence-corrected chi connectivity index (χ2v) is 5.75. The van der Waals surface area contributed by atoms with Crippen molar-refractivity contribution in [2.75, 3.05) is 13.2 Å². The molecule has 1 aliphatic rings. The van der Waals surface area contributed by atoms with E-state index >= 15 is 0 Å². The smallest absolute Gasteiger partial charge is 0.224 e. The fourth-order valence-corrected chi connectivity index (χ4v) is 2.69. The van der Waals surface area contributed by atoms with Crippen molar-refractivity contribution in [1.29, 1.82) is 0 Å². The third kappa shape index (κ3) is 3.31. The molecule has 0 aliphatic carbocycles. The van der Waals surface area contributed by atoms with Gasteiger partial charge in [-0.3, -0.25) is 9.48 Å². The molecule has 1 N–H and O–H groups in total. The van der Waals surface area contributed by atoms with Gasteiger partial charge in [0.1, 0.15) is 12.7 Å². The van der Waals surface area contributed by atoms with E-state index in [1.54, 1.807) is 4.68 Å². The number of fused-ring (bicyclic) bond motifs is 1. The highest BCUT2D eigenvalue weighted by molar-refractivity contribution is 5.79. The highest BCUT2D eigenvalue weighted by Gasteiger charge is 2.21. The number of aryl methyl sites for hydroxylation is 2. The number of nitrogens with one attached hydrogen (secondary N) is 1. The molecular formula is C17H21N3O3. The van der Waals surface area contributed by atoms with Gasteiger partial charge in [0.2, 0.25) is 5.91 Å². The second kappa shape index (κ2) is 6.32. The molecule has 122 valence electrons. The summed E-state index contributed by atoms with van der Waals surface area (Å²) in [5.74, 6) is 1.43. The summed E-state index contributed by atoms with van der Waals surface area (Å²) >= 11 is 0. The summed E-state index contributed by atoms with van der Waals surface area (Å²) in [4.78, 5) is 12.2. The fraction of sp³-hybridized carbons (Fsp3) is 0.412. The predicted molar refractivity (Wildman–Crippen MR) is 85.7 cm³/mol. The van der Waals surface area contributed by atoms with E-state index in [2.05, 4.69) is 10.4 Å². The van der Waals surface area contributed by atoms with Crippen LogP contribution in [0, 0.1) is 13.8 Å². The van der Waals surface area contributed by atoms with E-state index in [9.17, 15) is 4.79 Å². The first-order valence-electron chi connectivity index (χ1n) is 7.69. The summed E-state index contributed by atoms with van der Waals surface area (Å²) < 4.78 is 13.3. The maximum Gasteiger partial charge on any atom is 0.224 e. The molecule has 2 heterocycles. The van der Waals surface area contributed by atoms with Crippen molar-refractivity contribution in [3.63, 3.8) is 0 Å². The van der Waals surface area contributed by atoms with Crippen LogP contribution >= 0.6 is 0 Å². The van der Waals surface area contributed by atoms with Gasteiger partial charge in [0, 0.05) is 18.3 Å². The number of nitrogens with zero attached hydrogens (tertiary/aromatic N) is 2. The maximum atomic E-state index is 12.2. The minimum Gasteiger partial charge on any atom is -0.486 e. The Labute approximate surface area is 135 Å². The molecule has 6 heteroatoms. The van der Waals surface area contributed by atoms with Gasteiger partial charge in [-0.15, -0.1) is 0 Å². The number of aromatic nitrogens is 2. The normalized spacial score (nSPS) is 16.2. The van der Waals surface area contributed by atoms with E-state index in [0.29, 0.717) is 19.6 Å². The second-order valence-electron chi connectivity index (χ2n) is 5.75. The summed E-state index contributed by atoms with van der Waals surface area (Å²) in [5.41, 5.74) is 2.89. The molecule has 1 amide bonds. The molecule has 0 fully saturated rings. The van der Waals surface area contributed by atoms with E-state index in [1.807, 2.05) is 45.2 Å². The van der Waals surface area contributed by atoms with Crippen LogP contribution < -0.4 is 14.8 Å². The number of hydrogen-bond acceptors (Lipinski definition) is 4. The molecule has 0 saturated heterocycles. The van der Waals surface area contributed by atoms with Crippen LogP contribution in [0.1, 0.15) is 17.0 Å². The number of benzene rings is 1. The van der Waals surface area contributed by atoms with Crippen molar-refractivity contribution in [3.05, 3.63) is 41.2 Å². The molecule has 0 saturated carbocycles. The highest BCUT2D eigenvalue weighted by Crippen LogP contribution is 2.30. The maximum absolute atomic E-state index is 12.2. The topological polar surface area (TPSA) is 65.4 Å². The van der Waals surface area contributed by atoms with Gasteiger partial charge in [-0.05, 0) is 26.0 Å². The van der Waals surface area contributed by atoms with Gasteiger partial charge >= 0.3 is 0 Å². The van der Waals surface area contributed by atoms with Crippen molar-refractivity contribution < 1.29 is 14.3 Å². The van der Waals surface area contributed by atoms with Crippen molar-refractivity contribution >= 4 is 5.91 Å². The quantitative estimate of drug-likeness (QED) is 0.929. The molecule has 1 aliphatic heterocycles. The molecule has 23 heavy (non-hydrogen) atoms. The van der Waals surface area contributed by atoms with Gasteiger partial charge in [0.05, 0.1) is 18.7 Å². The predicted octanol–water partition coefficient (Wildman–Crippen LogP) is 1.54. The molecule has 0 bridgehead atoms. The van der Waals surface area contributed by atoms with Crippen molar-refractivity contribution in [1.82, 2.24) is 15.1 Å². The lowest BCUT2D eigenvalue weighted by Gasteiger charge is -2.26. The number of rotatable bonds is 4. The Kier molecular flexibility index (Phi) is 4.23. The van der Waals surface area contributed by atoms with Crippen LogP contribution in [0.2, 0.25) is 0 Å². The summed E-state index contributed by atoms with van der Waals surface area (Å²) in [6.45, 7) is 4.75. The average molecular weight is 315 g/mol. The molecule has 0 radical (unpaired) electrons. The van der Waals surface area contributed by atoms with E-state index in [1.165, 1.54) is 0 Å². The van der Waals surface area contributed by atoms with Crippen molar-refractivity contribution in [2.45, 2.75) is 26.4 Å². The van der Waals surface area contributed by atoms with E-state index in [4.69, 9.17) is 9.47 Å². The Morgan fingerprint density at radius 2 is 2.09 bits per heavy atom. The summed E-state index contributed by atoms with van der Waals surface area (Å²) in [5, 5.41) is 7.25. The first kappa shape index (κ1) is 15.4. The minimum absolute atomic E-state index is 0.0355. The van der Waals surface area contributed by atoms with Crippen LogP contribution in [-0.4, -0.2) is 34.9 Å².